The van der Waals surface area contributed by atoms with Gasteiger partial charge in [0.1, 0.15) is 5.75 Å². The van der Waals surface area contributed by atoms with Gasteiger partial charge in [-0.2, -0.15) is 0 Å². The van der Waals surface area contributed by atoms with E-state index in [1.807, 2.05) is 36.4 Å². The van der Waals surface area contributed by atoms with Crippen LogP contribution in [-0.4, -0.2) is 28.9 Å². The fourth-order valence-corrected chi connectivity index (χ4v) is 4.62. The molecule has 3 rings (SSSR count). The number of carbonyl (C=O) groups excluding carboxylic acids is 1. The Labute approximate surface area is 195 Å². The molecule has 0 aliphatic carbocycles. The molecule has 0 atom stereocenters. The molecule has 0 aromatic heterocycles. The van der Waals surface area contributed by atoms with Gasteiger partial charge < -0.3 is 14.6 Å². The van der Waals surface area contributed by atoms with Crippen LogP contribution in [0, 0.1) is 0 Å². The van der Waals surface area contributed by atoms with Gasteiger partial charge in [0.15, 0.2) is 0 Å². The fraction of sp³-hybridized carbons (Fsp3) is 0.370. The molecule has 0 unspecified atom stereocenters. The Morgan fingerprint density at radius 2 is 1.66 bits per heavy atom. The number of rotatable bonds is 5. The second kappa shape index (κ2) is 9.51. The number of halogens is 1. The summed E-state index contributed by atoms with van der Waals surface area (Å²) in [7, 11) is 0. The molecule has 1 heterocycles. The first-order valence-electron chi connectivity index (χ1n) is 10.9. The van der Waals surface area contributed by atoms with Crippen molar-refractivity contribution in [1.82, 2.24) is 0 Å². The van der Waals surface area contributed by atoms with Crippen LogP contribution in [0.15, 0.2) is 54.1 Å². The summed E-state index contributed by atoms with van der Waals surface area (Å²) in [5.74, 6) is -0.295. The maximum Gasteiger partial charge on any atom is 0.330 e. The van der Waals surface area contributed by atoms with Crippen molar-refractivity contribution in [3.63, 3.8) is 0 Å². The largest absolute Gasteiger partial charge is 0.506 e. The maximum atomic E-state index is 11.6. The van der Waals surface area contributed by atoms with E-state index in [-0.39, 0.29) is 22.9 Å². The number of hydrogen-bond donors (Lipinski definition) is 1. The minimum absolute atomic E-state index is 0.0619. The number of carbonyl (C=O) groups is 1. The third kappa shape index (κ3) is 6.02. The lowest BCUT2D eigenvalue weighted by molar-refractivity contribution is -0.139. The van der Waals surface area contributed by atoms with E-state index in [1.165, 1.54) is 11.6 Å². The number of aromatic hydroxyl groups is 1. The summed E-state index contributed by atoms with van der Waals surface area (Å²) in [6, 6.07) is 13.4. The van der Waals surface area contributed by atoms with Gasteiger partial charge in [-0.25, -0.2) is 4.79 Å². The average Bonchev–Trinajstić information content (AvgIpc) is 2.68. The zero-order valence-electron chi connectivity index (χ0n) is 19.4. The van der Waals surface area contributed by atoms with Crippen molar-refractivity contribution in [2.75, 3.05) is 6.61 Å². The van der Waals surface area contributed by atoms with E-state index in [9.17, 15) is 9.90 Å². The highest BCUT2D eigenvalue weighted by Gasteiger charge is 2.37. The van der Waals surface area contributed by atoms with E-state index in [2.05, 4.69) is 27.7 Å². The lowest BCUT2D eigenvalue weighted by atomic mass is 9.79. The van der Waals surface area contributed by atoms with Crippen LogP contribution >= 0.6 is 11.6 Å². The van der Waals surface area contributed by atoms with Gasteiger partial charge in [0.05, 0.1) is 22.8 Å². The van der Waals surface area contributed by atoms with Gasteiger partial charge in [0, 0.05) is 6.08 Å². The zero-order chi connectivity index (χ0) is 23.5. The van der Waals surface area contributed by atoms with Gasteiger partial charge in [-0.15, -0.1) is 0 Å². The first-order valence-corrected chi connectivity index (χ1v) is 11.2. The molecule has 32 heavy (non-hydrogen) atoms. The molecular weight excluding hydrogens is 424 g/mol. The molecule has 0 radical (unpaired) electrons. The molecular formula is C27H31ClO4. The van der Waals surface area contributed by atoms with Gasteiger partial charge in [-0.05, 0) is 87.9 Å². The van der Waals surface area contributed by atoms with Gasteiger partial charge >= 0.3 is 5.97 Å². The summed E-state index contributed by atoms with van der Waals surface area (Å²) >= 11 is 6.27. The Morgan fingerprint density at radius 3 is 2.22 bits per heavy atom. The van der Waals surface area contributed by atoms with Crippen LogP contribution in [0.25, 0.3) is 11.6 Å². The second-order valence-electron chi connectivity index (χ2n) is 9.33. The van der Waals surface area contributed by atoms with E-state index < -0.39 is 0 Å². The second-order valence-corrected chi connectivity index (χ2v) is 9.73. The Hall–Kier alpha value is -2.56. The van der Waals surface area contributed by atoms with Crippen LogP contribution in [0.5, 0.6) is 5.75 Å². The van der Waals surface area contributed by atoms with E-state index in [0.29, 0.717) is 11.6 Å². The van der Waals surface area contributed by atoms with Gasteiger partial charge in [0.25, 0.3) is 0 Å². The summed E-state index contributed by atoms with van der Waals surface area (Å²) in [6.45, 7) is 10.6. The van der Waals surface area contributed by atoms with Crippen molar-refractivity contribution < 1.29 is 19.4 Å². The third-order valence-electron chi connectivity index (χ3n) is 5.32. The van der Waals surface area contributed by atoms with Gasteiger partial charge in [0.2, 0.25) is 0 Å². The van der Waals surface area contributed by atoms with Crippen LogP contribution in [-0.2, 0) is 14.3 Å². The van der Waals surface area contributed by atoms with Crippen LogP contribution in [0.4, 0.5) is 0 Å². The topological polar surface area (TPSA) is 55.8 Å². The van der Waals surface area contributed by atoms with E-state index in [1.54, 1.807) is 19.1 Å². The summed E-state index contributed by atoms with van der Waals surface area (Å²) in [5.41, 5.74) is 4.67. The number of phenols is 1. The Morgan fingerprint density at radius 1 is 1.06 bits per heavy atom. The average molecular weight is 455 g/mol. The van der Waals surface area contributed by atoms with Gasteiger partial charge in [-0.1, -0.05) is 47.5 Å². The highest BCUT2D eigenvalue weighted by molar-refractivity contribution is 6.32. The smallest absolute Gasteiger partial charge is 0.330 e. The lowest BCUT2D eigenvalue weighted by Crippen LogP contribution is -2.42. The SMILES string of the molecule is CCOC(=O)C=Cc1ccc(C(=C2CC(C)(C)OC(C)(C)C2)c2ccc(O)c(Cl)c2)cc1. The molecule has 1 N–H and O–H groups in total. The van der Waals surface area contributed by atoms with E-state index >= 15 is 0 Å². The van der Waals surface area contributed by atoms with Crippen molar-refractivity contribution in [2.45, 2.75) is 58.7 Å². The summed E-state index contributed by atoms with van der Waals surface area (Å²) in [5, 5.41) is 10.3. The number of esters is 1. The monoisotopic (exact) mass is 454 g/mol. The lowest BCUT2D eigenvalue weighted by Gasteiger charge is -2.43. The van der Waals surface area contributed by atoms with Crippen molar-refractivity contribution >= 4 is 29.2 Å². The summed E-state index contributed by atoms with van der Waals surface area (Å²) in [4.78, 5) is 11.6. The molecule has 0 saturated carbocycles. The van der Waals surface area contributed by atoms with Crippen molar-refractivity contribution in [3.8, 4) is 5.75 Å². The molecule has 1 aliphatic heterocycles. The predicted molar refractivity (Wildman–Crippen MR) is 130 cm³/mol. The Bertz CT molecular complexity index is 1030. The molecule has 1 aliphatic rings. The van der Waals surface area contributed by atoms with Gasteiger partial charge in [-0.3, -0.25) is 0 Å². The summed E-state index contributed by atoms with van der Waals surface area (Å²) in [6.07, 6.45) is 4.75. The minimum atomic E-state index is -0.357. The molecule has 1 fully saturated rings. The molecule has 2 aromatic carbocycles. The maximum absolute atomic E-state index is 11.6. The number of phenolic OH excluding ortho intramolecular Hbond substituents is 1. The number of benzene rings is 2. The van der Waals surface area contributed by atoms with Crippen LogP contribution in [0.3, 0.4) is 0 Å². The molecule has 1 saturated heterocycles. The zero-order valence-corrected chi connectivity index (χ0v) is 20.1. The predicted octanol–water partition coefficient (Wildman–Crippen LogP) is 6.79. The molecule has 5 heteroatoms. The van der Waals surface area contributed by atoms with Crippen LogP contribution in [0.2, 0.25) is 5.02 Å². The molecule has 0 bridgehead atoms. The molecule has 0 spiro atoms. The highest BCUT2D eigenvalue weighted by Crippen LogP contribution is 2.43. The van der Waals surface area contributed by atoms with E-state index in [0.717, 1.165) is 35.1 Å². The molecule has 4 nitrogen and oxygen atoms in total. The Balaban J connectivity index is 2.07. The fourth-order valence-electron chi connectivity index (χ4n) is 4.44. The molecule has 0 amide bonds. The molecule has 170 valence electrons. The first kappa shape index (κ1) is 24.1. The van der Waals surface area contributed by atoms with Crippen LogP contribution < -0.4 is 0 Å². The number of hydrogen-bond acceptors (Lipinski definition) is 4. The third-order valence-corrected chi connectivity index (χ3v) is 5.62. The summed E-state index contributed by atoms with van der Waals surface area (Å²) < 4.78 is 11.2. The van der Waals surface area contributed by atoms with Crippen molar-refractivity contribution in [2.24, 2.45) is 0 Å². The van der Waals surface area contributed by atoms with Crippen molar-refractivity contribution in [3.05, 3.63) is 75.8 Å². The molecule has 2 aromatic rings. The van der Waals surface area contributed by atoms with Crippen LogP contribution in [0.1, 0.15) is 64.2 Å². The standard InChI is InChI=1S/C27H31ClO4/c1-6-31-24(30)14-9-18-7-10-19(11-8-18)25(20-12-13-23(29)22(28)15-20)21-16-26(2,3)32-27(4,5)17-21/h7-15,29H,6,16-17H2,1-5H3. The normalized spacial score (nSPS) is 17.4. The minimum Gasteiger partial charge on any atom is -0.506 e. The van der Waals surface area contributed by atoms with E-state index in [4.69, 9.17) is 21.1 Å². The quantitative estimate of drug-likeness (QED) is 0.399. The number of ether oxygens (including phenoxy) is 2. The Kier molecular flexibility index (Phi) is 7.16. The van der Waals surface area contributed by atoms with Crippen molar-refractivity contribution in [1.29, 1.82) is 0 Å². The highest BCUT2D eigenvalue weighted by atomic mass is 35.5. The first-order chi connectivity index (χ1) is 15.0.